The van der Waals surface area contributed by atoms with E-state index in [0.29, 0.717) is 35.3 Å². The normalized spacial score (nSPS) is 15.9. The maximum atomic E-state index is 12.6. The summed E-state index contributed by atoms with van der Waals surface area (Å²) >= 11 is 7.96. The number of ether oxygens (including phenoxy) is 1. The first kappa shape index (κ1) is 23.3. The number of halogens is 1. The highest BCUT2D eigenvalue weighted by Gasteiger charge is 2.28. The molecule has 0 unspecified atom stereocenters. The van der Waals surface area contributed by atoms with Gasteiger partial charge in [-0.15, -0.1) is 0 Å². The van der Waals surface area contributed by atoms with E-state index < -0.39 is 6.04 Å². The van der Waals surface area contributed by atoms with E-state index in [1.807, 2.05) is 38.3 Å². The lowest BCUT2D eigenvalue weighted by Gasteiger charge is -2.20. The van der Waals surface area contributed by atoms with Gasteiger partial charge in [0.2, 0.25) is 11.8 Å². The molecule has 1 aromatic heterocycles. The second-order valence-electron chi connectivity index (χ2n) is 7.95. The van der Waals surface area contributed by atoms with Crippen molar-refractivity contribution in [1.29, 1.82) is 0 Å². The van der Waals surface area contributed by atoms with Gasteiger partial charge in [0.15, 0.2) is 5.16 Å². The molecule has 0 bridgehead atoms. The molecule has 0 aliphatic carbocycles. The summed E-state index contributed by atoms with van der Waals surface area (Å²) < 4.78 is 5.99. The zero-order valence-corrected chi connectivity index (χ0v) is 19.6. The van der Waals surface area contributed by atoms with Crippen LogP contribution in [0.25, 0.3) is 11.3 Å². The quantitative estimate of drug-likeness (QED) is 0.460. The molecule has 1 aliphatic rings. The van der Waals surface area contributed by atoms with Crippen molar-refractivity contribution in [3.63, 3.8) is 0 Å². The monoisotopic (exact) mass is 462 g/mol. The number of nitrogens with zero attached hydrogens (tertiary/aromatic N) is 2. The Morgan fingerprint density at radius 3 is 2.81 bits per heavy atom. The Hall–Kier alpha value is -2.32. The van der Waals surface area contributed by atoms with Gasteiger partial charge in [0.25, 0.3) is 0 Å². The molecule has 0 saturated carbocycles. The topological polar surface area (TPSA) is 93.2 Å². The van der Waals surface area contributed by atoms with E-state index in [2.05, 4.69) is 20.6 Å². The molecule has 9 heteroatoms. The molecule has 1 aliphatic heterocycles. The van der Waals surface area contributed by atoms with E-state index in [9.17, 15) is 9.59 Å². The molecule has 2 N–H and O–H groups in total. The van der Waals surface area contributed by atoms with Crippen molar-refractivity contribution in [1.82, 2.24) is 20.6 Å². The summed E-state index contributed by atoms with van der Waals surface area (Å²) in [5.41, 5.74) is 2.68. The van der Waals surface area contributed by atoms with E-state index in [1.165, 1.54) is 18.7 Å². The van der Waals surface area contributed by atoms with Crippen molar-refractivity contribution in [2.75, 3.05) is 12.8 Å². The van der Waals surface area contributed by atoms with Gasteiger partial charge in [-0.3, -0.25) is 9.59 Å². The summed E-state index contributed by atoms with van der Waals surface area (Å²) in [5.74, 6) is 0.490. The average Bonchev–Trinajstić information content (AvgIpc) is 3.14. The highest BCUT2D eigenvalue weighted by molar-refractivity contribution is 7.98. The summed E-state index contributed by atoms with van der Waals surface area (Å²) in [6, 6.07) is 5.15. The van der Waals surface area contributed by atoms with Crippen LogP contribution in [0.2, 0.25) is 5.02 Å². The van der Waals surface area contributed by atoms with Crippen LogP contribution < -0.4 is 15.4 Å². The number of amides is 2. The Bertz CT molecular complexity index is 970. The summed E-state index contributed by atoms with van der Waals surface area (Å²) in [6.07, 6.45) is 4.63. The van der Waals surface area contributed by atoms with E-state index in [-0.39, 0.29) is 23.8 Å². The molecule has 2 heterocycles. The van der Waals surface area contributed by atoms with Gasteiger partial charge in [-0.1, -0.05) is 37.2 Å². The van der Waals surface area contributed by atoms with Crippen LogP contribution in [-0.2, 0) is 16.0 Å². The molecule has 0 fully saturated rings. The number of hydrogen-bond acceptors (Lipinski definition) is 6. The number of aromatic nitrogens is 2. The van der Waals surface area contributed by atoms with E-state index in [4.69, 9.17) is 16.3 Å². The van der Waals surface area contributed by atoms with Gasteiger partial charge in [-0.05, 0) is 36.8 Å². The van der Waals surface area contributed by atoms with Crippen LogP contribution in [0.15, 0.2) is 29.6 Å². The number of carbonyl (C=O) groups excluding carboxylic acids is 2. The van der Waals surface area contributed by atoms with Crippen LogP contribution in [0.1, 0.15) is 32.8 Å². The third-order valence-electron chi connectivity index (χ3n) is 4.87. The minimum atomic E-state index is -0.556. The van der Waals surface area contributed by atoms with Crippen LogP contribution in [0, 0.1) is 5.92 Å². The number of fused-ring (bicyclic) bond motifs is 1. The zero-order chi connectivity index (χ0) is 22.5. The molecule has 0 radical (unpaired) electrons. The second kappa shape index (κ2) is 10.3. The van der Waals surface area contributed by atoms with E-state index in [1.54, 1.807) is 6.20 Å². The minimum Gasteiger partial charge on any atom is -0.486 e. The molecular formula is C22H27ClN4O3S. The number of hydrogen-bond donors (Lipinski definition) is 2. The van der Waals surface area contributed by atoms with Gasteiger partial charge in [0.1, 0.15) is 17.9 Å². The average molecular weight is 463 g/mol. The smallest absolute Gasteiger partial charge is 0.242 e. The highest BCUT2D eigenvalue weighted by Crippen LogP contribution is 2.39. The fourth-order valence-electron chi connectivity index (χ4n) is 3.54. The van der Waals surface area contributed by atoms with Crippen LogP contribution in [0.3, 0.4) is 0 Å². The lowest BCUT2D eigenvalue weighted by atomic mass is 10.0. The molecule has 31 heavy (non-hydrogen) atoms. The van der Waals surface area contributed by atoms with Crippen molar-refractivity contribution in [3.8, 4) is 17.0 Å². The second-order valence-corrected chi connectivity index (χ2v) is 9.13. The summed E-state index contributed by atoms with van der Waals surface area (Å²) in [6.45, 7) is 5.77. The Kier molecular flexibility index (Phi) is 7.78. The first-order valence-corrected chi connectivity index (χ1v) is 11.8. The van der Waals surface area contributed by atoms with Crippen LogP contribution >= 0.6 is 23.4 Å². The Morgan fingerprint density at radius 2 is 2.13 bits per heavy atom. The van der Waals surface area contributed by atoms with Gasteiger partial charge in [-0.25, -0.2) is 9.97 Å². The number of carbonyl (C=O) groups is 2. The van der Waals surface area contributed by atoms with E-state index in [0.717, 1.165) is 16.8 Å². The van der Waals surface area contributed by atoms with Gasteiger partial charge in [-0.2, -0.15) is 0 Å². The van der Waals surface area contributed by atoms with Gasteiger partial charge < -0.3 is 15.4 Å². The SMILES string of the molecule is CSc1nccc(-c2cc(Cl)c3c(c2)C[C@H](CNC(=O)[C@H](CC(C)C)NC(C)=O)O3)n1. The third kappa shape index (κ3) is 6.11. The Labute approximate surface area is 191 Å². The molecule has 2 atom stereocenters. The van der Waals surface area contributed by atoms with Crippen LogP contribution in [0.4, 0.5) is 0 Å². The number of nitrogens with one attached hydrogen (secondary N) is 2. The largest absolute Gasteiger partial charge is 0.486 e. The molecule has 2 aromatic rings. The lowest BCUT2D eigenvalue weighted by Crippen LogP contribution is -2.48. The first-order valence-electron chi connectivity index (χ1n) is 10.2. The van der Waals surface area contributed by atoms with Crippen molar-refractivity contribution >= 4 is 35.2 Å². The maximum Gasteiger partial charge on any atom is 0.242 e. The van der Waals surface area contributed by atoms with Crippen molar-refractivity contribution < 1.29 is 14.3 Å². The van der Waals surface area contributed by atoms with Crippen molar-refractivity contribution in [2.24, 2.45) is 5.92 Å². The van der Waals surface area contributed by atoms with Gasteiger partial charge in [0.05, 0.1) is 17.3 Å². The van der Waals surface area contributed by atoms with Gasteiger partial charge >= 0.3 is 0 Å². The van der Waals surface area contributed by atoms with Crippen molar-refractivity contribution in [2.45, 2.75) is 50.9 Å². The van der Waals surface area contributed by atoms with Crippen LogP contribution in [0.5, 0.6) is 5.75 Å². The summed E-state index contributed by atoms with van der Waals surface area (Å²) in [4.78, 5) is 32.8. The Balaban J connectivity index is 1.67. The molecule has 0 saturated heterocycles. The zero-order valence-electron chi connectivity index (χ0n) is 18.1. The third-order valence-corrected chi connectivity index (χ3v) is 5.71. The fourth-order valence-corrected chi connectivity index (χ4v) is 4.17. The predicted octanol–water partition coefficient (Wildman–Crippen LogP) is 3.49. The first-order chi connectivity index (χ1) is 14.8. The summed E-state index contributed by atoms with van der Waals surface area (Å²) in [5, 5.41) is 6.84. The molecule has 2 amide bonds. The predicted molar refractivity (Wildman–Crippen MR) is 122 cm³/mol. The number of thioether (sulfide) groups is 1. The molecule has 1 aromatic carbocycles. The number of benzene rings is 1. The Morgan fingerprint density at radius 1 is 1.35 bits per heavy atom. The van der Waals surface area contributed by atoms with Gasteiger partial charge in [0, 0.05) is 30.7 Å². The standard InChI is InChI=1S/C22H27ClN4O3S/c1-12(2)7-19(26-13(3)28)21(29)25-11-16-9-15-8-14(10-17(23)20(15)30-16)18-5-6-24-22(27-18)31-4/h5-6,8,10,12,16,19H,7,9,11H2,1-4H3,(H,25,29)(H,26,28)/t16-,19+/m1/s1. The molecular weight excluding hydrogens is 436 g/mol. The molecule has 7 nitrogen and oxygen atoms in total. The maximum absolute atomic E-state index is 12.6. The lowest BCUT2D eigenvalue weighted by molar-refractivity contribution is -0.128. The molecule has 166 valence electrons. The van der Waals surface area contributed by atoms with E-state index >= 15 is 0 Å². The fraction of sp³-hybridized carbons (Fsp3) is 0.455. The number of rotatable bonds is 8. The molecule has 0 spiro atoms. The van der Waals surface area contributed by atoms with Crippen molar-refractivity contribution in [3.05, 3.63) is 35.0 Å². The highest BCUT2D eigenvalue weighted by atomic mass is 35.5. The minimum absolute atomic E-state index is 0.208. The summed E-state index contributed by atoms with van der Waals surface area (Å²) in [7, 11) is 0. The van der Waals surface area contributed by atoms with Crippen LogP contribution in [-0.4, -0.2) is 46.7 Å². The molecule has 3 rings (SSSR count).